The highest BCUT2D eigenvalue weighted by molar-refractivity contribution is 6.20. The van der Waals surface area contributed by atoms with Crippen molar-refractivity contribution in [3.63, 3.8) is 0 Å². The maximum atomic E-state index is 9.28. The Morgan fingerprint density at radius 3 is 2.33 bits per heavy atom. The van der Waals surface area contributed by atoms with Gasteiger partial charge in [0.1, 0.15) is 0 Å². The molecule has 0 fully saturated rings. The molecule has 0 aromatic rings. The van der Waals surface area contributed by atoms with Gasteiger partial charge in [0.05, 0.1) is 0 Å². The molecule has 4 nitrogen and oxygen atoms in total. The van der Waals surface area contributed by atoms with Gasteiger partial charge >= 0.3 is 12.3 Å². The Balaban J connectivity index is 3.23. The van der Waals surface area contributed by atoms with Gasteiger partial charge in [-0.3, -0.25) is 9.68 Å². The average molecular weight is 89.0 g/mol. The van der Waals surface area contributed by atoms with Gasteiger partial charge in [0.25, 0.3) is 0 Å². The molecule has 0 saturated carbocycles. The Morgan fingerprint density at radius 2 is 2.33 bits per heavy atom. The summed E-state index contributed by atoms with van der Waals surface area (Å²) in [4.78, 5) is 21.1. The summed E-state index contributed by atoms with van der Waals surface area (Å²) in [6.45, 7) is 0. The quantitative estimate of drug-likeness (QED) is 0.257. The van der Waals surface area contributed by atoms with Crippen LogP contribution in [0.15, 0.2) is 0 Å². The van der Waals surface area contributed by atoms with Gasteiger partial charge in [-0.2, -0.15) is 5.26 Å². The molecule has 0 aromatic carbocycles. The predicted octanol–water partition coefficient (Wildman–Crippen LogP) is -0.888. The molecule has 1 N–H and O–H groups in total. The van der Waals surface area contributed by atoms with Crippen LogP contribution in [0.1, 0.15) is 0 Å². The molecule has 33 valence electrons. The second kappa shape index (κ2) is 2.34. The molecule has 0 amide bonds. The first kappa shape index (κ1) is 5.10. The Morgan fingerprint density at radius 1 is 1.83 bits per heavy atom. The van der Waals surface area contributed by atoms with Crippen molar-refractivity contribution in [1.29, 1.82) is 0 Å². The molecular formula is C2HO4. The zero-order valence-electron chi connectivity index (χ0n) is 2.67. The fraction of sp³-hybridized carbons (Fsp3) is 0. The van der Waals surface area contributed by atoms with Crippen LogP contribution in [0, 0.1) is 0 Å². The lowest BCUT2D eigenvalue weighted by molar-refractivity contribution is -0.225. The normalized spacial score (nSPS) is 6.83. The number of carbonyl (C=O) groups is 1. The van der Waals surface area contributed by atoms with Crippen molar-refractivity contribution in [1.82, 2.24) is 0 Å². The molecule has 0 heterocycles. The van der Waals surface area contributed by atoms with Gasteiger partial charge in [-0.15, -0.1) is 0 Å². The van der Waals surface area contributed by atoms with Crippen molar-refractivity contribution in [2.75, 3.05) is 0 Å². The number of carbonyl (C=O) groups excluding carboxylic acids is 2. The van der Waals surface area contributed by atoms with Crippen molar-refractivity contribution in [2.45, 2.75) is 0 Å². The van der Waals surface area contributed by atoms with E-state index in [2.05, 4.69) is 4.89 Å². The highest BCUT2D eigenvalue weighted by atomic mass is 17.1. The fourth-order valence-electron chi connectivity index (χ4n) is 0.0186. The summed E-state index contributed by atoms with van der Waals surface area (Å²) >= 11 is 0. The van der Waals surface area contributed by atoms with Crippen molar-refractivity contribution >= 4 is 12.3 Å². The molecule has 0 atom stereocenters. The largest absolute Gasteiger partial charge is 0.416 e. The SMILES string of the molecule is O=[C]C(=O)OO. The summed E-state index contributed by atoms with van der Waals surface area (Å²) in [6.07, 6.45) is 0.753. The number of rotatable bonds is 1. The minimum atomic E-state index is -1.41. The van der Waals surface area contributed by atoms with Crippen LogP contribution in [0.4, 0.5) is 0 Å². The van der Waals surface area contributed by atoms with E-state index in [1.165, 1.54) is 0 Å². The highest BCUT2D eigenvalue weighted by Crippen LogP contribution is 1.57. The molecule has 4 heteroatoms. The number of hydrogen-bond acceptors (Lipinski definition) is 4. The van der Waals surface area contributed by atoms with Gasteiger partial charge in [-0.05, 0) is 0 Å². The fourth-order valence-corrected chi connectivity index (χ4v) is 0.0186. The molecule has 0 aliphatic heterocycles. The topological polar surface area (TPSA) is 63.6 Å². The van der Waals surface area contributed by atoms with Crippen molar-refractivity contribution in [3.05, 3.63) is 0 Å². The second-order valence-electron chi connectivity index (χ2n) is 0.481. The molecule has 0 rings (SSSR count). The van der Waals surface area contributed by atoms with Gasteiger partial charge in [0, 0.05) is 0 Å². The lowest BCUT2D eigenvalue weighted by Gasteiger charge is -1.74. The third-order valence-corrected chi connectivity index (χ3v) is 0.166. The van der Waals surface area contributed by atoms with Gasteiger partial charge < -0.3 is 0 Å². The maximum Gasteiger partial charge on any atom is 0.416 e. The molecule has 0 aromatic heterocycles. The average Bonchev–Trinajstić information content (AvgIpc) is 1.65. The van der Waals surface area contributed by atoms with E-state index in [9.17, 15) is 4.79 Å². The van der Waals surface area contributed by atoms with E-state index in [1.807, 2.05) is 0 Å². The predicted molar refractivity (Wildman–Crippen MR) is 14.4 cm³/mol. The molecule has 6 heavy (non-hydrogen) atoms. The lowest BCUT2D eigenvalue weighted by atomic mass is 10.8. The molecule has 0 spiro atoms. The van der Waals surface area contributed by atoms with Gasteiger partial charge in [-0.25, -0.2) is 4.79 Å². The third-order valence-electron chi connectivity index (χ3n) is 0.166. The molecule has 0 aliphatic carbocycles. The Bertz CT molecular complexity index is 65.9. The van der Waals surface area contributed by atoms with Crippen molar-refractivity contribution in [3.8, 4) is 0 Å². The Labute approximate surface area is 33.3 Å². The highest BCUT2D eigenvalue weighted by Gasteiger charge is 1.94. The summed E-state index contributed by atoms with van der Waals surface area (Å²) in [5, 5.41) is 7.22. The molecule has 0 bridgehead atoms. The van der Waals surface area contributed by atoms with Gasteiger partial charge in [-0.1, -0.05) is 0 Å². The van der Waals surface area contributed by atoms with E-state index in [0.29, 0.717) is 0 Å². The van der Waals surface area contributed by atoms with Crippen LogP contribution >= 0.6 is 0 Å². The third kappa shape index (κ3) is 1.42. The van der Waals surface area contributed by atoms with Crippen LogP contribution in [0.25, 0.3) is 0 Å². The molecule has 0 saturated heterocycles. The molecule has 1 radical (unpaired) electrons. The summed E-state index contributed by atoms with van der Waals surface area (Å²) < 4.78 is 0. The zero-order chi connectivity index (χ0) is 4.99. The van der Waals surface area contributed by atoms with Crippen molar-refractivity contribution < 1.29 is 19.7 Å². The maximum absolute atomic E-state index is 9.28. The molecular weight excluding hydrogens is 88.0 g/mol. The minimum absolute atomic E-state index is 0.753. The number of hydrogen-bond donors (Lipinski definition) is 1. The smallest absolute Gasteiger partial charge is 0.292 e. The summed E-state index contributed by atoms with van der Waals surface area (Å²) in [7, 11) is 0. The van der Waals surface area contributed by atoms with E-state index in [1.54, 1.807) is 0 Å². The summed E-state index contributed by atoms with van der Waals surface area (Å²) in [5.74, 6) is -1.41. The van der Waals surface area contributed by atoms with E-state index in [0.717, 1.165) is 6.29 Å². The van der Waals surface area contributed by atoms with E-state index < -0.39 is 5.97 Å². The Hall–Kier alpha value is -0.900. The van der Waals surface area contributed by atoms with Crippen LogP contribution in [0.3, 0.4) is 0 Å². The minimum Gasteiger partial charge on any atom is -0.292 e. The standard InChI is InChI=1S/C2HO4/c3-1-2(4)6-5/h5H. The monoisotopic (exact) mass is 89.0 g/mol. The van der Waals surface area contributed by atoms with Crippen LogP contribution in [-0.2, 0) is 14.5 Å². The van der Waals surface area contributed by atoms with Crippen LogP contribution < -0.4 is 0 Å². The van der Waals surface area contributed by atoms with Crippen molar-refractivity contribution in [2.24, 2.45) is 0 Å². The zero-order valence-corrected chi connectivity index (χ0v) is 2.67. The van der Waals surface area contributed by atoms with E-state index >= 15 is 0 Å². The van der Waals surface area contributed by atoms with E-state index in [-0.39, 0.29) is 0 Å². The molecule has 0 aliphatic rings. The Kier molecular flexibility index (Phi) is 1.99. The van der Waals surface area contributed by atoms with Crippen LogP contribution in [-0.4, -0.2) is 17.5 Å². The summed E-state index contributed by atoms with van der Waals surface area (Å²) in [5.41, 5.74) is 0. The van der Waals surface area contributed by atoms with Gasteiger partial charge in [0.2, 0.25) is 0 Å². The van der Waals surface area contributed by atoms with Gasteiger partial charge in [0.15, 0.2) is 0 Å². The molecule has 0 unspecified atom stereocenters. The van der Waals surface area contributed by atoms with Crippen LogP contribution in [0.5, 0.6) is 0 Å². The first-order valence-electron chi connectivity index (χ1n) is 1.04. The summed E-state index contributed by atoms with van der Waals surface area (Å²) in [6, 6.07) is 0. The first-order chi connectivity index (χ1) is 2.81. The lowest BCUT2D eigenvalue weighted by Crippen LogP contribution is -1.99. The van der Waals surface area contributed by atoms with E-state index in [4.69, 9.17) is 10.1 Å². The van der Waals surface area contributed by atoms with Crippen LogP contribution in [0.2, 0.25) is 0 Å². The second-order valence-corrected chi connectivity index (χ2v) is 0.481. The first-order valence-corrected chi connectivity index (χ1v) is 1.04.